The van der Waals surface area contributed by atoms with Crippen LogP contribution in [0.15, 0.2) is 17.4 Å². The van der Waals surface area contributed by atoms with Crippen LogP contribution >= 0.6 is 0 Å². The summed E-state index contributed by atoms with van der Waals surface area (Å²) in [5.74, 6) is 6.22. The van der Waals surface area contributed by atoms with Crippen molar-refractivity contribution >= 4 is 5.96 Å². The molecule has 0 radical (unpaired) electrons. The molecule has 0 spiro atoms. The molecule has 0 amide bonds. The monoisotopic (exact) mass is 195 g/mol. The highest BCUT2D eigenvalue weighted by molar-refractivity contribution is 5.81. The zero-order chi connectivity index (χ0) is 9.97. The summed E-state index contributed by atoms with van der Waals surface area (Å²) in [5.41, 5.74) is 0. The van der Waals surface area contributed by atoms with Gasteiger partial charge in [0.15, 0.2) is 0 Å². The first-order valence-electron chi connectivity index (χ1n) is 5.02. The smallest absolute Gasteiger partial charge is 0.237 e. The SMILES string of the molecule is CN1C=CCN(N2CCCC2)C1=NN. The number of hydrazone groups is 1. The molecule has 0 aromatic rings. The lowest BCUT2D eigenvalue weighted by Crippen LogP contribution is -2.52. The molecule has 0 unspecified atom stereocenters. The van der Waals surface area contributed by atoms with Crippen LogP contribution in [0.1, 0.15) is 12.8 Å². The molecular formula is C9H17N5. The van der Waals surface area contributed by atoms with Crippen LogP contribution in [0.5, 0.6) is 0 Å². The molecule has 0 aliphatic carbocycles. The van der Waals surface area contributed by atoms with Gasteiger partial charge in [0.25, 0.3) is 0 Å². The van der Waals surface area contributed by atoms with Crippen LogP contribution in [-0.4, -0.2) is 47.6 Å². The van der Waals surface area contributed by atoms with Gasteiger partial charge < -0.3 is 10.7 Å². The van der Waals surface area contributed by atoms with E-state index in [0.29, 0.717) is 0 Å². The van der Waals surface area contributed by atoms with Crippen molar-refractivity contribution in [2.75, 3.05) is 26.7 Å². The molecule has 5 nitrogen and oxygen atoms in total. The third-order valence-electron chi connectivity index (χ3n) is 2.69. The summed E-state index contributed by atoms with van der Waals surface area (Å²) in [6.45, 7) is 3.10. The van der Waals surface area contributed by atoms with Crippen molar-refractivity contribution in [3.63, 3.8) is 0 Å². The van der Waals surface area contributed by atoms with Crippen molar-refractivity contribution in [3.05, 3.63) is 12.3 Å². The van der Waals surface area contributed by atoms with Gasteiger partial charge in [0.05, 0.1) is 6.54 Å². The summed E-state index contributed by atoms with van der Waals surface area (Å²) < 4.78 is 0. The molecule has 2 aliphatic rings. The minimum atomic E-state index is 0.828. The van der Waals surface area contributed by atoms with Crippen LogP contribution in [0, 0.1) is 0 Å². The first-order valence-corrected chi connectivity index (χ1v) is 5.02. The predicted octanol–water partition coefficient (Wildman–Crippen LogP) is -0.0120. The van der Waals surface area contributed by atoms with Crippen molar-refractivity contribution in [2.24, 2.45) is 10.9 Å². The average Bonchev–Trinajstić information content (AvgIpc) is 2.70. The number of nitrogens with two attached hydrogens (primary N) is 1. The molecule has 5 heteroatoms. The number of hydrogen-bond donors (Lipinski definition) is 1. The number of hydrazine groups is 1. The minimum absolute atomic E-state index is 0.828. The first-order chi connectivity index (χ1) is 6.83. The van der Waals surface area contributed by atoms with Crippen LogP contribution in [0.4, 0.5) is 0 Å². The van der Waals surface area contributed by atoms with E-state index in [9.17, 15) is 0 Å². The number of guanidine groups is 1. The van der Waals surface area contributed by atoms with Crippen LogP contribution < -0.4 is 5.84 Å². The van der Waals surface area contributed by atoms with E-state index in [1.165, 1.54) is 12.8 Å². The van der Waals surface area contributed by atoms with Gasteiger partial charge in [-0.3, -0.25) is 5.01 Å². The second kappa shape index (κ2) is 3.88. The lowest BCUT2D eigenvalue weighted by Gasteiger charge is -2.38. The Balaban J connectivity index is 2.13. The molecule has 14 heavy (non-hydrogen) atoms. The molecular weight excluding hydrogens is 178 g/mol. The minimum Gasteiger partial charge on any atom is -0.320 e. The molecule has 2 rings (SSSR count). The zero-order valence-electron chi connectivity index (χ0n) is 8.56. The van der Waals surface area contributed by atoms with Crippen molar-refractivity contribution in [1.29, 1.82) is 0 Å². The fourth-order valence-corrected chi connectivity index (χ4v) is 1.98. The van der Waals surface area contributed by atoms with Crippen LogP contribution in [0.2, 0.25) is 0 Å². The maximum absolute atomic E-state index is 5.40. The Kier molecular flexibility index (Phi) is 2.58. The highest BCUT2D eigenvalue weighted by atomic mass is 15.7. The van der Waals surface area contributed by atoms with Crippen LogP contribution in [0.3, 0.4) is 0 Å². The van der Waals surface area contributed by atoms with Gasteiger partial charge in [-0.1, -0.05) is 0 Å². The summed E-state index contributed by atoms with van der Waals surface area (Å²) in [4.78, 5) is 1.95. The van der Waals surface area contributed by atoms with Crippen molar-refractivity contribution in [3.8, 4) is 0 Å². The maximum atomic E-state index is 5.40. The van der Waals surface area contributed by atoms with Gasteiger partial charge >= 0.3 is 0 Å². The van der Waals surface area contributed by atoms with Crippen LogP contribution in [0.25, 0.3) is 0 Å². The van der Waals surface area contributed by atoms with Gasteiger partial charge in [0.2, 0.25) is 5.96 Å². The summed E-state index contributed by atoms with van der Waals surface area (Å²) in [7, 11) is 1.96. The second-order valence-corrected chi connectivity index (χ2v) is 3.67. The maximum Gasteiger partial charge on any atom is 0.237 e. The quantitative estimate of drug-likeness (QED) is 0.472. The highest BCUT2D eigenvalue weighted by Gasteiger charge is 2.25. The number of rotatable bonds is 1. The molecule has 0 aromatic heterocycles. The first kappa shape index (κ1) is 9.33. The van der Waals surface area contributed by atoms with E-state index >= 15 is 0 Å². The largest absolute Gasteiger partial charge is 0.320 e. The normalized spacial score (nSPS) is 26.5. The molecule has 0 bridgehead atoms. The Morgan fingerprint density at radius 3 is 2.71 bits per heavy atom. The van der Waals surface area contributed by atoms with E-state index in [1.807, 2.05) is 18.1 Å². The highest BCUT2D eigenvalue weighted by Crippen LogP contribution is 2.15. The third-order valence-corrected chi connectivity index (χ3v) is 2.69. The summed E-state index contributed by atoms with van der Waals surface area (Å²) in [6.07, 6.45) is 6.65. The van der Waals surface area contributed by atoms with E-state index in [1.54, 1.807) is 0 Å². The van der Waals surface area contributed by atoms with Gasteiger partial charge in [0.1, 0.15) is 0 Å². The molecule has 0 aromatic carbocycles. The van der Waals surface area contributed by atoms with Gasteiger partial charge in [-0.05, 0) is 18.9 Å². The summed E-state index contributed by atoms with van der Waals surface area (Å²) in [6, 6.07) is 0. The average molecular weight is 195 g/mol. The lowest BCUT2D eigenvalue weighted by molar-refractivity contribution is 0.0701. The van der Waals surface area contributed by atoms with Gasteiger partial charge in [0, 0.05) is 26.3 Å². The molecule has 78 valence electrons. The van der Waals surface area contributed by atoms with Gasteiger partial charge in [-0.2, -0.15) is 0 Å². The number of hydrogen-bond acceptors (Lipinski definition) is 3. The van der Waals surface area contributed by atoms with Crippen molar-refractivity contribution in [1.82, 2.24) is 14.9 Å². The van der Waals surface area contributed by atoms with E-state index in [2.05, 4.69) is 21.2 Å². The Morgan fingerprint density at radius 1 is 1.36 bits per heavy atom. The fraction of sp³-hybridized carbons (Fsp3) is 0.667. The molecule has 2 N–H and O–H groups in total. The van der Waals surface area contributed by atoms with E-state index in [4.69, 9.17) is 5.84 Å². The van der Waals surface area contributed by atoms with Gasteiger partial charge in [-0.15, -0.1) is 5.10 Å². The molecule has 2 heterocycles. The van der Waals surface area contributed by atoms with Crippen molar-refractivity contribution < 1.29 is 0 Å². The Labute approximate surface area is 84.4 Å². The Hall–Kier alpha value is -1.23. The molecule has 0 saturated carbocycles. The standard InChI is InChI=1S/C9H17N5/c1-12-5-4-8-14(9(12)11-10)13-6-2-3-7-13/h4-5H,2-3,6-8,10H2,1H3. The molecule has 1 fully saturated rings. The number of nitrogens with zero attached hydrogens (tertiary/aromatic N) is 4. The molecule has 2 aliphatic heterocycles. The van der Waals surface area contributed by atoms with E-state index in [0.717, 1.165) is 25.6 Å². The molecule has 1 saturated heterocycles. The topological polar surface area (TPSA) is 48.1 Å². The van der Waals surface area contributed by atoms with Crippen molar-refractivity contribution in [2.45, 2.75) is 12.8 Å². The van der Waals surface area contributed by atoms with E-state index in [-0.39, 0.29) is 0 Å². The predicted molar refractivity (Wildman–Crippen MR) is 56.0 cm³/mol. The van der Waals surface area contributed by atoms with Gasteiger partial charge in [-0.25, -0.2) is 5.01 Å². The molecule has 0 atom stereocenters. The Morgan fingerprint density at radius 2 is 2.07 bits per heavy atom. The second-order valence-electron chi connectivity index (χ2n) is 3.67. The summed E-state index contributed by atoms with van der Waals surface area (Å²) in [5, 5.41) is 8.29. The van der Waals surface area contributed by atoms with Crippen LogP contribution in [-0.2, 0) is 0 Å². The van der Waals surface area contributed by atoms with E-state index < -0.39 is 0 Å². The fourth-order valence-electron chi connectivity index (χ4n) is 1.98. The Bertz CT molecular complexity index is 254. The lowest BCUT2D eigenvalue weighted by atomic mass is 10.4. The zero-order valence-corrected chi connectivity index (χ0v) is 8.56. The summed E-state index contributed by atoms with van der Waals surface area (Å²) >= 11 is 0. The third kappa shape index (κ3) is 1.55.